The highest BCUT2D eigenvalue weighted by atomic mass is 15.6. The van der Waals surface area contributed by atoms with Crippen molar-refractivity contribution in [2.45, 2.75) is 59.3 Å². The zero-order chi connectivity index (χ0) is 17.3. The number of fused-ring (bicyclic) bond motifs is 2. The quantitative estimate of drug-likeness (QED) is 0.657. The first kappa shape index (κ1) is 15.2. The average Bonchev–Trinajstić information content (AvgIpc) is 3.27. The summed E-state index contributed by atoms with van der Waals surface area (Å²) in [6, 6.07) is 9.18. The second-order valence-corrected chi connectivity index (χ2v) is 7.88. The van der Waals surface area contributed by atoms with Gasteiger partial charge in [0.05, 0.1) is 0 Å². The van der Waals surface area contributed by atoms with E-state index >= 15 is 0 Å². The SMILES string of the molecule is CC1=[N+]2CCCCCC[N+]3=C(C)c4ccc(C)n4C23n2c(C)ccc21. The molecule has 0 N–H and O–H groups in total. The smallest absolute Gasteiger partial charge is 0.198 e. The Kier molecular flexibility index (Phi) is 3.01. The van der Waals surface area contributed by atoms with Gasteiger partial charge in [0.15, 0.2) is 13.1 Å². The molecule has 2 aromatic rings. The second-order valence-electron chi connectivity index (χ2n) is 7.88. The van der Waals surface area contributed by atoms with Crippen LogP contribution in [-0.2, 0) is 5.91 Å². The van der Waals surface area contributed by atoms with Crippen LogP contribution in [0, 0.1) is 13.8 Å². The van der Waals surface area contributed by atoms with Crippen LogP contribution in [0.15, 0.2) is 24.3 Å². The molecule has 2 aromatic heterocycles. The third-order valence-corrected chi connectivity index (χ3v) is 6.54. The summed E-state index contributed by atoms with van der Waals surface area (Å²) >= 11 is 0. The van der Waals surface area contributed by atoms with Crippen molar-refractivity contribution in [1.29, 1.82) is 0 Å². The van der Waals surface area contributed by atoms with E-state index in [-0.39, 0.29) is 5.91 Å². The average molecular weight is 336 g/mol. The Bertz CT molecular complexity index is 872. The predicted molar refractivity (Wildman–Crippen MR) is 100.0 cm³/mol. The monoisotopic (exact) mass is 336 g/mol. The number of aromatic nitrogens is 2. The van der Waals surface area contributed by atoms with Crippen LogP contribution in [0.25, 0.3) is 0 Å². The van der Waals surface area contributed by atoms with Crippen LogP contribution in [0.2, 0.25) is 0 Å². The molecule has 0 aliphatic carbocycles. The van der Waals surface area contributed by atoms with Crippen molar-refractivity contribution in [2.75, 3.05) is 13.1 Å². The third kappa shape index (κ3) is 1.63. The highest BCUT2D eigenvalue weighted by molar-refractivity contribution is 5.97. The standard InChI is InChI=1S/C21H28N4/c1-15-9-11-19-17(3)22-13-7-5-6-8-14-23-18(4)20-12-10-16(2)25(20)21(22,23)24(15)19/h9-12H,5-8,13-14H2,1-4H3/q+2. The van der Waals surface area contributed by atoms with E-state index in [9.17, 15) is 0 Å². The van der Waals surface area contributed by atoms with Gasteiger partial charge in [0, 0.05) is 38.1 Å². The van der Waals surface area contributed by atoms with E-state index in [4.69, 9.17) is 0 Å². The molecular weight excluding hydrogens is 308 g/mol. The molecule has 0 aromatic carbocycles. The summed E-state index contributed by atoms with van der Waals surface area (Å²) in [6.45, 7) is 11.4. The number of hydrogen-bond acceptors (Lipinski definition) is 0. The van der Waals surface area contributed by atoms with Gasteiger partial charge in [0.25, 0.3) is 0 Å². The Morgan fingerprint density at radius 2 is 1.12 bits per heavy atom. The van der Waals surface area contributed by atoms with Crippen molar-refractivity contribution in [3.8, 4) is 0 Å². The maximum atomic E-state index is 2.67. The van der Waals surface area contributed by atoms with Crippen LogP contribution in [-0.4, -0.2) is 42.8 Å². The molecule has 0 radical (unpaired) electrons. The molecule has 5 heterocycles. The first-order chi connectivity index (χ1) is 12.1. The van der Waals surface area contributed by atoms with Gasteiger partial charge in [-0.15, -0.1) is 9.15 Å². The van der Waals surface area contributed by atoms with Gasteiger partial charge in [-0.3, -0.25) is 0 Å². The first-order valence-corrected chi connectivity index (χ1v) is 9.69. The lowest BCUT2D eigenvalue weighted by molar-refractivity contribution is -0.861. The fourth-order valence-corrected chi connectivity index (χ4v) is 5.42. The predicted octanol–water partition coefficient (Wildman–Crippen LogP) is 3.27. The number of hydrogen-bond donors (Lipinski definition) is 0. The highest BCUT2D eigenvalue weighted by Gasteiger charge is 2.67. The van der Waals surface area contributed by atoms with Crippen LogP contribution >= 0.6 is 0 Å². The first-order valence-electron chi connectivity index (χ1n) is 9.69. The molecule has 1 saturated heterocycles. The molecule has 0 saturated carbocycles. The van der Waals surface area contributed by atoms with Crippen LogP contribution in [0.4, 0.5) is 0 Å². The molecule has 4 heteroatoms. The van der Waals surface area contributed by atoms with E-state index in [1.54, 1.807) is 0 Å². The molecule has 4 nitrogen and oxygen atoms in total. The van der Waals surface area contributed by atoms with Gasteiger partial charge in [-0.1, -0.05) is 0 Å². The maximum Gasteiger partial charge on any atom is 0.542 e. The molecule has 130 valence electrons. The largest absolute Gasteiger partial charge is 0.542 e. The zero-order valence-electron chi connectivity index (χ0n) is 15.8. The van der Waals surface area contributed by atoms with E-state index in [1.165, 1.54) is 59.9 Å². The van der Waals surface area contributed by atoms with Gasteiger partial charge in [0.2, 0.25) is 11.4 Å². The van der Waals surface area contributed by atoms with Crippen molar-refractivity contribution in [1.82, 2.24) is 9.13 Å². The van der Waals surface area contributed by atoms with Crippen molar-refractivity contribution < 1.29 is 9.15 Å². The lowest BCUT2D eigenvalue weighted by Crippen LogP contribution is -2.56. The zero-order valence-corrected chi connectivity index (χ0v) is 15.8. The molecule has 25 heavy (non-hydrogen) atoms. The minimum Gasteiger partial charge on any atom is -0.198 e. The van der Waals surface area contributed by atoms with Gasteiger partial charge in [-0.05, 0) is 51.0 Å². The summed E-state index contributed by atoms with van der Waals surface area (Å²) < 4.78 is 10.5. The van der Waals surface area contributed by atoms with Crippen molar-refractivity contribution in [2.24, 2.45) is 0 Å². The van der Waals surface area contributed by atoms with E-state index in [2.05, 4.69) is 70.2 Å². The normalized spacial score (nSPS) is 21.4. The molecule has 5 rings (SSSR count). The van der Waals surface area contributed by atoms with E-state index in [1.807, 2.05) is 0 Å². The minimum absolute atomic E-state index is 0.260. The van der Waals surface area contributed by atoms with Gasteiger partial charge in [-0.2, -0.15) is 9.13 Å². The summed E-state index contributed by atoms with van der Waals surface area (Å²) in [5, 5.41) is 0. The molecule has 3 aliphatic rings. The van der Waals surface area contributed by atoms with E-state index < -0.39 is 0 Å². The summed E-state index contributed by atoms with van der Waals surface area (Å²) in [6.07, 6.45) is 5.20. The lowest BCUT2D eigenvalue weighted by Gasteiger charge is -2.25. The second kappa shape index (κ2) is 4.96. The molecule has 0 bridgehead atoms. The van der Waals surface area contributed by atoms with Crippen molar-refractivity contribution >= 4 is 11.4 Å². The number of rotatable bonds is 0. The summed E-state index contributed by atoms with van der Waals surface area (Å²) in [5.74, 6) is -0.260. The van der Waals surface area contributed by atoms with Gasteiger partial charge >= 0.3 is 5.91 Å². The van der Waals surface area contributed by atoms with Crippen LogP contribution in [0.3, 0.4) is 0 Å². The van der Waals surface area contributed by atoms with Crippen molar-refractivity contribution in [3.05, 3.63) is 47.0 Å². The highest BCUT2D eigenvalue weighted by Crippen LogP contribution is 2.40. The molecule has 3 aliphatic heterocycles. The van der Waals surface area contributed by atoms with E-state index in [0.717, 1.165) is 13.1 Å². The summed E-state index contributed by atoms with van der Waals surface area (Å²) in [7, 11) is 0. The molecule has 0 unspecified atom stereocenters. The molecule has 1 spiro atoms. The van der Waals surface area contributed by atoms with Gasteiger partial charge < -0.3 is 0 Å². The van der Waals surface area contributed by atoms with Crippen LogP contribution in [0.1, 0.15) is 62.3 Å². The minimum atomic E-state index is -0.260. The Morgan fingerprint density at radius 1 is 0.680 bits per heavy atom. The Morgan fingerprint density at radius 3 is 1.56 bits per heavy atom. The number of aryl methyl sites for hydroxylation is 2. The molecule has 1 fully saturated rings. The molecular formula is C21H28N4+2. The van der Waals surface area contributed by atoms with Gasteiger partial charge in [-0.25, -0.2) is 0 Å². The van der Waals surface area contributed by atoms with Crippen molar-refractivity contribution in [3.63, 3.8) is 0 Å². The lowest BCUT2D eigenvalue weighted by atomic mass is 10.2. The topological polar surface area (TPSA) is 15.9 Å². The third-order valence-electron chi connectivity index (χ3n) is 6.54. The van der Waals surface area contributed by atoms with Gasteiger partial charge in [0.1, 0.15) is 11.4 Å². The number of nitrogens with zero attached hydrogens (tertiary/aromatic N) is 4. The fourth-order valence-electron chi connectivity index (χ4n) is 5.42. The molecule has 0 atom stereocenters. The summed E-state index contributed by atoms with van der Waals surface area (Å²) in [5.41, 5.74) is 8.25. The van der Waals surface area contributed by atoms with Crippen LogP contribution in [0.5, 0.6) is 0 Å². The molecule has 0 amide bonds. The Balaban J connectivity index is 1.94. The van der Waals surface area contributed by atoms with E-state index in [0.29, 0.717) is 0 Å². The maximum absolute atomic E-state index is 2.67. The summed E-state index contributed by atoms with van der Waals surface area (Å²) in [4.78, 5) is 0. The Labute approximate surface area is 149 Å². The fraction of sp³-hybridized carbons (Fsp3) is 0.524. The van der Waals surface area contributed by atoms with Crippen LogP contribution < -0.4 is 0 Å². The Hall–Kier alpha value is -2.10.